The number of nitrogens with one attached hydrogen (secondary N) is 1. The third-order valence-corrected chi connectivity index (χ3v) is 4.82. The van der Waals surface area contributed by atoms with E-state index < -0.39 is 11.7 Å². The number of methoxy groups -OCH3 is 1. The third kappa shape index (κ3) is 5.78. The van der Waals surface area contributed by atoms with Crippen LogP contribution in [0.5, 0.6) is 0 Å². The molecule has 0 atom stereocenters. The Morgan fingerprint density at radius 3 is 1.96 bits per heavy atom. The SMILES string of the molecule is COC(=O)N1CCN(C(=O)[C@H]2CC[C@H](NC(=O)OC(C)(C)C)CC2)CC1. The monoisotopic (exact) mass is 369 g/mol. The maximum Gasteiger partial charge on any atom is 0.409 e. The highest BCUT2D eigenvalue weighted by Crippen LogP contribution is 2.27. The van der Waals surface area contributed by atoms with Gasteiger partial charge in [0.2, 0.25) is 5.91 Å². The van der Waals surface area contributed by atoms with Crippen LogP contribution in [0.1, 0.15) is 46.5 Å². The minimum absolute atomic E-state index is 0.00337. The lowest BCUT2D eigenvalue weighted by atomic mass is 9.85. The van der Waals surface area contributed by atoms with Crippen molar-refractivity contribution in [2.24, 2.45) is 5.92 Å². The van der Waals surface area contributed by atoms with Crippen molar-refractivity contribution in [2.45, 2.75) is 58.1 Å². The van der Waals surface area contributed by atoms with Crippen molar-refractivity contribution in [2.75, 3.05) is 33.3 Å². The number of carbonyl (C=O) groups is 3. The fourth-order valence-corrected chi connectivity index (χ4v) is 3.46. The lowest BCUT2D eigenvalue weighted by Gasteiger charge is -2.37. The molecule has 3 amide bonds. The molecule has 1 aliphatic carbocycles. The summed E-state index contributed by atoms with van der Waals surface area (Å²) in [6.07, 6.45) is 2.33. The minimum Gasteiger partial charge on any atom is -0.453 e. The first-order chi connectivity index (χ1) is 12.2. The Labute approximate surface area is 155 Å². The van der Waals surface area contributed by atoms with E-state index >= 15 is 0 Å². The predicted molar refractivity (Wildman–Crippen MR) is 95.7 cm³/mol. The number of rotatable bonds is 2. The second-order valence-electron chi connectivity index (χ2n) is 7.98. The van der Waals surface area contributed by atoms with Gasteiger partial charge in [-0.2, -0.15) is 0 Å². The molecule has 0 aromatic carbocycles. The van der Waals surface area contributed by atoms with Crippen LogP contribution in [0.2, 0.25) is 0 Å². The summed E-state index contributed by atoms with van der Waals surface area (Å²) in [5, 5.41) is 2.90. The maximum atomic E-state index is 12.7. The fraction of sp³-hybridized carbons (Fsp3) is 0.833. The van der Waals surface area contributed by atoms with Gasteiger partial charge < -0.3 is 24.6 Å². The van der Waals surface area contributed by atoms with Crippen molar-refractivity contribution in [1.29, 1.82) is 0 Å². The van der Waals surface area contributed by atoms with Gasteiger partial charge in [-0.1, -0.05) is 0 Å². The first-order valence-corrected chi connectivity index (χ1v) is 9.31. The number of ether oxygens (including phenoxy) is 2. The van der Waals surface area contributed by atoms with Gasteiger partial charge in [0.25, 0.3) is 0 Å². The summed E-state index contributed by atoms with van der Waals surface area (Å²) in [7, 11) is 1.36. The molecule has 2 fully saturated rings. The zero-order chi connectivity index (χ0) is 19.3. The van der Waals surface area contributed by atoms with E-state index in [4.69, 9.17) is 9.47 Å². The molecule has 0 spiro atoms. The molecule has 0 aromatic heterocycles. The molecular formula is C18H31N3O5. The highest BCUT2D eigenvalue weighted by Gasteiger charge is 2.32. The number of nitrogens with zero attached hydrogens (tertiary/aromatic N) is 2. The summed E-state index contributed by atoms with van der Waals surface area (Å²) < 4.78 is 10.00. The molecule has 0 bridgehead atoms. The molecule has 0 unspecified atom stereocenters. The van der Waals surface area contributed by atoms with Gasteiger partial charge in [-0.15, -0.1) is 0 Å². The summed E-state index contributed by atoms with van der Waals surface area (Å²) in [6, 6.07) is 0.0603. The van der Waals surface area contributed by atoms with Crippen molar-refractivity contribution < 1.29 is 23.9 Å². The topological polar surface area (TPSA) is 88.2 Å². The van der Waals surface area contributed by atoms with Crippen LogP contribution in [0.4, 0.5) is 9.59 Å². The van der Waals surface area contributed by atoms with Gasteiger partial charge in [0.1, 0.15) is 5.60 Å². The van der Waals surface area contributed by atoms with Crippen LogP contribution in [0, 0.1) is 5.92 Å². The first kappa shape index (κ1) is 20.3. The van der Waals surface area contributed by atoms with Crippen LogP contribution >= 0.6 is 0 Å². The van der Waals surface area contributed by atoms with E-state index in [9.17, 15) is 14.4 Å². The third-order valence-electron chi connectivity index (χ3n) is 4.82. The van der Waals surface area contributed by atoms with Crippen molar-refractivity contribution in [3.63, 3.8) is 0 Å². The molecule has 8 heteroatoms. The molecule has 1 saturated carbocycles. The summed E-state index contributed by atoms with van der Waals surface area (Å²) in [6.45, 7) is 7.61. The average Bonchev–Trinajstić information content (AvgIpc) is 2.59. The maximum absolute atomic E-state index is 12.7. The molecule has 0 aromatic rings. The first-order valence-electron chi connectivity index (χ1n) is 9.31. The number of hydrogen-bond donors (Lipinski definition) is 1. The van der Waals surface area contributed by atoms with E-state index in [0.29, 0.717) is 26.2 Å². The highest BCUT2D eigenvalue weighted by molar-refractivity contribution is 5.79. The highest BCUT2D eigenvalue weighted by atomic mass is 16.6. The number of hydrogen-bond acceptors (Lipinski definition) is 5. The fourth-order valence-electron chi connectivity index (χ4n) is 3.46. The van der Waals surface area contributed by atoms with E-state index in [0.717, 1.165) is 25.7 Å². The van der Waals surface area contributed by atoms with Crippen molar-refractivity contribution in [3.8, 4) is 0 Å². The molecule has 1 aliphatic heterocycles. The van der Waals surface area contributed by atoms with Crippen molar-refractivity contribution in [1.82, 2.24) is 15.1 Å². The molecule has 1 heterocycles. The van der Waals surface area contributed by atoms with Gasteiger partial charge >= 0.3 is 12.2 Å². The summed E-state index contributed by atoms with van der Waals surface area (Å²) in [4.78, 5) is 39.5. The zero-order valence-electron chi connectivity index (χ0n) is 16.2. The largest absolute Gasteiger partial charge is 0.453 e. The molecule has 2 rings (SSSR count). The van der Waals surface area contributed by atoms with Gasteiger partial charge in [0, 0.05) is 38.1 Å². The second kappa shape index (κ2) is 8.60. The number of amides is 3. The van der Waals surface area contributed by atoms with Gasteiger partial charge in [-0.05, 0) is 46.5 Å². The Morgan fingerprint density at radius 1 is 0.923 bits per heavy atom. The van der Waals surface area contributed by atoms with E-state index in [2.05, 4.69) is 5.32 Å². The number of piperazine rings is 1. The van der Waals surface area contributed by atoms with Crippen LogP contribution in [0.25, 0.3) is 0 Å². The Balaban J connectivity index is 1.73. The van der Waals surface area contributed by atoms with Gasteiger partial charge in [-0.25, -0.2) is 9.59 Å². The number of carbonyl (C=O) groups excluding carboxylic acids is 3. The van der Waals surface area contributed by atoms with Gasteiger partial charge in [0.05, 0.1) is 7.11 Å². The Hall–Kier alpha value is -1.99. The molecule has 8 nitrogen and oxygen atoms in total. The quantitative estimate of drug-likeness (QED) is 0.804. The summed E-state index contributed by atoms with van der Waals surface area (Å²) in [5.74, 6) is 0.154. The molecule has 148 valence electrons. The molecule has 1 saturated heterocycles. The van der Waals surface area contributed by atoms with Gasteiger partial charge in [0.15, 0.2) is 0 Å². The normalized spacial score (nSPS) is 24.0. The van der Waals surface area contributed by atoms with E-state index in [1.54, 1.807) is 4.90 Å². The predicted octanol–water partition coefficient (Wildman–Crippen LogP) is 1.98. The van der Waals surface area contributed by atoms with Crippen molar-refractivity contribution in [3.05, 3.63) is 0 Å². The van der Waals surface area contributed by atoms with E-state index in [1.807, 2.05) is 25.7 Å². The second-order valence-corrected chi connectivity index (χ2v) is 7.98. The molecule has 26 heavy (non-hydrogen) atoms. The van der Waals surface area contributed by atoms with Crippen LogP contribution in [0.15, 0.2) is 0 Å². The Bertz CT molecular complexity index is 515. The lowest BCUT2D eigenvalue weighted by Crippen LogP contribution is -2.52. The molecule has 0 radical (unpaired) electrons. The standard InChI is InChI=1S/C18H31N3O5/c1-18(2,3)26-16(23)19-14-7-5-13(6-8-14)15(22)20-9-11-21(12-10-20)17(24)25-4/h13-14H,5-12H2,1-4H3,(H,19,23)/t13-,14-. The zero-order valence-corrected chi connectivity index (χ0v) is 16.2. The summed E-state index contributed by atoms with van der Waals surface area (Å²) >= 11 is 0. The van der Waals surface area contributed by atoms with Gasteiger partial charge in [-0.3, -0.25) is 4.79 Å². The van der Waals surface area contributed by atoms with Crippen LogP contribution in [-0.4, -0.2) is 72.8 Å². The Kier molecular flexibility index (Phi) is 6.72. The van der Waals surface area contributed by atoms with Crippen molar-refractivity contribution >= 4 is 18.1 Å². The molecule has 1 N–H and O–H groups in total. The van der Waals surface area contributed by atoms with E-state index in [1.165, 1.54) is 7.11 Å². The smallest absolute Gasteiger partial charge is 0.409 e. The number of alkyl carbamates (subject to hydrolysis) is 1. The minimum atomic E-state index is -0.510. The average molecular weight is 369 g/mol. The summed E-state index contributed by atoms with van der Waals surface area (Å²) in [5.41, 5.74) is -0.510. The van der Waals surface area contributed by atoms with E-state index in [-0.39, 0.29) is 24.0 Å². The van der Waals surface area contributed by atoms with Crippen LogP contribution < -0.4 is 5.32 Å². The lowest BCUT2D eigenvalue weighted by molar-refractivity contribution is -0.138. The van der Waals surface area contributed by atoms with Crippen LogP contribution in [0.3, 0.4) is 0 Å². The van der Waals surface area contributed by atoms with Crippen LogP contribution in [-0.2, 0) is 14.3 Å². The molecular weight excluding hydrogens is 338 g/mol. The molecule has 2 aliphatic rings. The Morgan fingerprint density at radius 2 is 1.46 bits per heavy atom.